The van der Waals surface area contributed by atoms with E-state index in [-0.39, 0.29) is 5.91 Å². The largest absolute Gasteiger partial charge is 0.495 e. The Morgan fingerprint density at radius 1 is 1.12 bits per heavy atom. The van der Waals surface area contributed by atoms with Crippen molar-refractivity contribution in [1.82, 2.24) is 4.98 Å². The van der Waals surface area contributed by atoms with Crippen LogP contribution in [0.15, 0.2) is 67.0 Å². The molecule has 0 aliphatic carbocycles. The number of rotatable bonds is 5. The van der Waals surface area contributed by atoms with Gasteiger partial charge in [-0.2, -0.15) is 0 Å². The lowest BCUT2D eigenvalue weighted by atomic mass is 10.0. The molecule has 1 unspecified atom stereocenters. The molecule has 1 heterocycles. The molecule has 0 aliphatic heterocycles. The van der Waals surface area contributed by atoms with Crippen LogP contribution in [0.5, 0.6) is 5.75 Å². The number of pyridine rings is 1. The number of anilines is 1. The minimum absolute atomic E-state index is 0.350. The van der Waals surface area contributed by atoms with Gasteiger partial charge in [-0.05, 0) is 53.1 Å². The van der Waals surface area contributed by atoms with Crippen molar-refractivity contribution in [2.24, 2.45) is 5.73 Å². The molecule has 0 radical (unpaired) electrons. The molecule has 0 saturated carbocycles. The Balaban J connectivity index is 1.87. The van der Waals surface area contributed by atoms with Gasteiger partial charge in [0, 0.05) is 17.4 Å². The third kappa shape index (κ3) is 4.02. The highest BCUT2D eigenvalue weighted by atomic mass is 35.5. The molecule has 1 aromatic heterocycles. The molecule has 2 aromatic carbocycles. The summed E-state index contributed by atoms with van der Waals surface area (Å²) in [6, 6.07) is 15.4. The number of nitrogens with zero attached hydrogens (tertiary/aromatic N) is 1. The summed E-state index contributed by atoms with van der Waals surface area (Å²) >= 11 is 5.98. The molecular weight excluding hydrogens is 350 g/mol. The number of halogens is 1. The first-order valence-electron chi connectivity index (χ1n) is 7.99. The summed E-state index contributed by atoms with van der Waals surface area (Å²) in [5, 5.41) is 3.37. The Hall–Kier alpha value is -2.89. The van der Waals surface area contributed by atoms with Gasteiger partial charge in [-0.25, -0.2) is 0 Å². The van der Waals surface area contributed by atoms with Crippen LogP contribution in [0.3, 0.4) is 0 Å². The molecule has 1 atom stereocenters. The fraction of sp³-hybridized carbons (Fsp3) is 0.100. The summed E-state index contributed by atoms with van der Waals surface area (Å²) in [5.74, 6) is 0.201. The molecule has 6 heteroatoms. The van der Waals surface area contributed by atoms with E-state index >= 15 is 0 Å². The maximum atomic E-state index is 12.6. The van der Waals surface area contributed by atoms with Crippen molar-refractivity contribution < 1.29 is 9.53 Å². The van der Waals surface area contributed by atoms with Gasteiger partial charge >= 0.3 is 0 Å². The normalized spacial score (nSPS) is 11.7. The maximum absolute atomic E-state index is 12.6. The van der Waals surface area contributed by atoms with E-state index in [1.165, 1.54) is 0 Å². The number of nitrogens with two attached hydrogens (primary N) is 1. The van der Waals surface area contributed by atoms with Crippen LogP contribution < -0.4 is 15.8 Å². The molecule has 3 N–H and O–H groups in total. The van der Waals surface area contributed by atoms with Crippen LogP contribution in [-0.4, -0.2) is 18.0 Å². The zero-order chi connectivity index (χ0) is 18.5. The highest BCUT2D eigenvalue weighted by Crippen LogP contribution is 2.31. The predicted molar refractivity (Wildman–Crippen MR) is 103 cm³/mol. The summed E-state index contributed by atoms with van der Waals surface area (Å²) in [6.07, 6.45) is 3.43. The average molecular weight is 368 g/mol. The number of carbonyl (C=O) groups excluding carboxylic acids is 1. The van der Waals surface area contributed by atoms with Crippen LogP contribution in [0.4, 0.5) is 5.69 Å². The molecule has 26 heavy (non-hydrogen) atoms. The van der Waals surface area contributed by atoms with Crippen molar-refractivity contribution >= 4 is 23.2 Å². The maximum Gasteiger partial charge on any atom is 0.245 e. The second kappa shape index (κ2) is 7.99. The first-order chi connectivity index (χ1) is 12.6. The topological polar surface area (TPSA) is 77.2 Å². The standard InChI is InChI=1S/C20H18ClN3O2/c1-26-18-6-5-14(13-7-9-23-10-8-13)12-17(18)24-20(25)19(22)15-3-2-4-16(21)11-15/h2-12,19H,22H2,1H3,(H,24,25). The molecule has 3 aromatic rings. The Bertz CT molecular complexity index is 916. The molecule has 0 bridgehead atoms. The Morgan fingerprint density at radius 2 is 1.88 bits per heavy atom. The van der Waals surface area contributed by atoms with E-state index in [0.717, 1.165) is 11.1 Å². The average Bonchev–Trinajstić information content (AvgIpc) is 2.68. The second-order valence-corrected chi connectivity index (χ2v) is 6.11. The lowest BCUT2D eigenvalue weighted by molar-refractivity contribution is -0.117. The van der Waals surface area contributed by atoms with E-state index in [0.29, 0.717) is 22.0 Å². The fourth-order valence-corrected chi connectivity index (χ4v) is 2.79. The number of benzene rings is 2. The molecular formula is C20H18ClN3O2. The van der Waals surface area contributed by atoms with Gasteiger partial charge in [0.05, 0.1) is 12.8 Å². The molecule has 0 aliphatic rings. The van der Waals surface area contributed by atoms with E-state index in [9.17, 15) is 4.79 Å². The lowest BCUT2D eigenvalue weighted by Gasteiger charge is -2.16. The van der Waals surface area contributed by atoms with Crippen molar-refractivity contribution in [2.75, 3.05) is 12.4 Å². The van der Waals surface area contributed by atoms with Crippen LogP contribution in [0.25, 0.3) is 11.1 Å². The zero-order valence-corrected chi connectivity index (χ0v) is 14.9. The minimum Gasteiger partial charge on any atom is -0.495 e. The van der Waals surface area contributed by atoms with E-state index < -0.39 is 6.04 Å². The van der Waals surface area contributed by atoms with E-state index in [2.05, 4.69) is 10.3 Å². The molecule has 0 saturated heterocycles. The first kappa shape index (κ1) is 17.9. The predicted octanol–water partition coefficient (Wildman–Crippen LogP) is 4.05. The zero-order valence-electron chi connectivity index (χ0n) is 14.1. The van der Waals surface area contributed by atoms with Gasteiger partial charge in [0.2, 0.25) is 5.91 Å². The Labute approximate surface area is 156 Å². The third-order valence-electron chi connectivity index (χ3n) is 3.96. The van der Waals surface area contributed by atoms with Gasteiger partial charge in [-0.15, -0.1) is 0 Å². The summed E-state index contributed by atoms with van der Waals surface area (Å²) in [5.41, 5.74) is 9.17. The van der Waals surface area contributed by atoms with Crippen LogP contribution in [-0.2, 0) is 4.79 Å². The Kier molecular flexibility index (Phi) is 5.51. The molecule has 0 spiro atoms. The van der Waals surface area contributed by atoms with Gasteiger partial charge in [0.25, 0.3) is 0 Å². The number of hydrogen-bond acceptors (Lipinski definition) is 4. The van der Waals surface area contributed by atoms with Crippen molar-refractivity contribution in [3.05, 3.63) is 77.6 Å². The first-order valence-corrected chi connectivity index (χ1v) is 8.36. The fourth-order valence-electron chi connectivity index (χ4n) is 2.59. The van der Waals surface area contributed by atoms with Gasteiger partial charge in [0.15, 0.2) is 0 Å². The summed E-state index contributed by atoms with van der Waals surface area (Å²) in [4.78, 5) is 16.6. The SMILES string of the molecule is COc1ccc(-c2ccncc2)cc1NC(=O)C(N)c1cccc(Cl)c1. The smallest absolute Gasteiger partial charge is 0.245 e. The lowest BCUT2D eigenvalue weighted by Crippen LogP contribution is -2.27. The van der Waals surface area contributed by atoms with Gasteiger partial charge in [-0.3, -0.25) is 9.78 Å². The minimum atomic E-state index is -0.844. The van der Waals surface area contributed by atoms with E-state index in [4.69, 9.17) is 22.1 Å². The number of amides is 1. The van der Waals surface area contributed by atoms with Gasteiger partial charge in [0.1, 0.15) is 11.8 Å². The van der Waals surface area contributed by atoms with Crippen LogP contribution in [0, 0.1) is 0 Å². The number of carbonyl (C=O) groups is 1. The number of ether oxygens (including phenoxy) is 1. The molecule has 0 fully saturated rings. The molecule has 1 amide bonds. The van der Waals surface area contributed by atoms with Gasteiger partial charge in [-0.1, -0.05) is 29.8 Å². The summed E-state index contributed by atoms with van der Waals surface area (Å²) in [7, 11) is 1.55. The highest BCUT2D eigenvalue weighted by molar-refractivity contribution is 6.30. The third-order valence-corrected chi connectivity index (χ3v) is 4.20. The van der Waals surface area contributed by atoms with Crippen LogP contribution >= 0.6 is 11.6 Å². The van der Waals surface area contributed by atoms with Crippen molar-refractivity contribution in [3.8, 4) is 16.9 Å². The Morgan fingerprint density at radius 3 is 2.58 bits per heavy atom. The van der Waals surface area contributed by atoms with Crippen LogP contribution in [0.2, 0.25) is 5.02 Å². The summed E-state index contributed by atoms with van der Waals surface area (Å²) in [6.45, 7) is 0. The second-order valence-electron chi connectivity index (χ2n) is 5.67. The van der Waals surface area contributed by atoms with Gasteiger partial charge < -0.3 is 15.8 Å². The van der Waals surface area contributed by atoms with Crippen molar-refractivity contribution in [1.29, 1.82) is 0 Å². The monoisotopic (exact) mass is 367 g/mol. The number of hydrogen-bond donors (Lipinski definition) is 2. The summed E-state index contributed by atoms with van der Waals surface area (Å²) < 4.78 is 5.35. The van der Waals surface area contributed by atoms with Crippen molar-refractivity contribution in [3.63, 3.8) is 0 Å². The number of aromatic nitrogens is 1. The van der Waals surface area contributed by atoms with Crippen LogP contribution in [0.1, 0.15) is 11.6 Å². The van der Waals surface area contributed by atoms with E-state index in [1.807, 2.05) is 24.3 Å². The quantitative estimate of drug-likeness (QED) is 0.713. The highest BCUT2D eigenvalue weighted by Gasteiger charge is 2.18. The molecule has 5 nitrogen and oxygen atoms in total. The molecule has 132 valence electrons. The van der Waals surface area contributed by atoms with Crippen molar-refractivity contribution in [2.45, 2.75) is 6.04 Å². The number of nitrogens with one attached hydrogen (secondary N) is 1. The number of methoxy groups -OCH3 is 1. The molecule has 3 rings (SSSR count). The van der Waals surface area contributed by atoms with E-state index in [1.54, 1.807) is 49.8 Å².